The van der Waals surface area contributed by atoms with Crippen LogP contribution in [0.4, 0.5) is 11.4 Å². The van der Waals surface area contributed by atoms with Gasteiger partial charge in [0.25, 0.3) is 0 Å². The largest absolute Gasteiger partial charge is 0.507 e. The molecule has 4 aromatic carbocycles. The van der Waals surface area contributed by atoms with Gasteiger partial charge in [-0.3, -0.25) is 9.98 Å². The summed E-state index contributed by atoms with van der Waals surface area (Å²) in [6.07, 6.45) is 4.68. The van der Waals surface area contributed by atoms with E-state index < -0.39 is 0 Å². The van der Waals surface area contributed by atoms with E-state index in [-0.39, 0.29) is 11.5 Å². The van der Waals surface area contributed by atoms with Gasteiger partial charge in [0.2, 0.25) is 0 Å². The van der Waals surface area contributed by atoms with Crippen molar-refractivity contribution in [3.63, 3.8) is 0 Å². The van der Waals surface area contributed by atoms with Gasteiger partial charge in [-0.05, 0) is 66.7 Å². The number of phenolic OH excluding ortho intramolecular Hbond substituents is 2. The lowest BCUT2D eigenvalue weighted by Crippen LogP contribution is -1.89. The molecule has 2 N–H and O–H groups in total. The summed E-state index contributed by atoms with van der Waals surface area (Å²) in [5.74, 6) is 0.229. The van der Waals surface area contributed by atoms with Crippen LogP contribution in [0.5, 0.6) is 11.5 Å². The highest BCUT2D eigenvalue weighted by Crippen LogP contribution is 2.27. The van der Waals surface area contributed by atoms with E-state index in [0.29, 0.717) is 21.2 Å². The predicted octanol–water partition coefficient (Wildman–Crippen LogP) is 8.03. The number of aromatic nitrogens is 2. The van der Waals surface area contributed by atoms with Crippen molar-refractivity contribution in [1.82, 2.24) is 9.97 Å². The van der Waals surface area contributed by atoms with Gasteiger partial charge in [-0.1, -0.05) is 47.5 Å². The minimum absolute atomic E-state index is 0.114. The molecule has 1 aromatic heterocycles. The maximum absolute atomic E-state index is 9.95. The lowest BCUT2D eigenvalue weighted by molar-refractivity contribution is 0.474. The Morgan fingerprint density at radius 2 is 0.974 bits per heavy atom. The van der Waals surface area contributed by atoms with Crippen molar-refractivity contribution in [1.29, 1.82) is 0 Å². The van der Waals surface area contributed by atoms with Crippen LogP contribution in [0.25, 0.3) is 22.5 Å². The molecule has 0 radical (unpaired) electrons. The Labute approximate surface area is 229 Å². The molecule has 0 aliphatic carbocycles. The van der Waals surface area contributed by atoms with E-state index in [1.807, 2.05) is 54.6 Å². The second kappa shape index (κ2) is 11.3. The van der Waals surface area contributed by atoms with Gasteiger partial charge in [-0.25, -0.2) is 9.97 Å². The standard InChI is InChI=1S/C30H20Cl2N4O2/c31-23-5-11-29(37)21(13-23)16-33-25-7-1-19(2-8-25)27-15-28(36-18-35-27)20-3-9-26(10-4-20)34-17-22-14-24(32)6-12-30(22)38/h1-18,37-38H. The number of nitrogens with zero attached hydrogens (tertiary/aromatic N) is 4. The van der Waals surface area contributed by atoms with Gasteiger partial charge in [0.05, 0.1) is 22.8 Å². The third kappa shape index (κ3) is 6.06. The van der Waals surface area contributed by atoms with E-state index in [1.165, 1.54) is 18.5 Å². The van der Waals surface area contributed by atoms with E-state index in [1.54, 1.807) is 36.7 Å². The molecule has 0 unspecified atom stereocenters. The summed E-state index contributed by atoms with van der Waals surface area (Å²) in [4.78, 5) is 17.7. The molecule has 5 rings (SSSR count). The van der Waals surface area contributed by atoms with E-state index >= 15 is 0 Å². The number of rotatable bonds is 6. The van der Waals surface area contributed by atoms with Gasteiger partial charge >= 0.3 is 0 Å². The number of hydrogen-bond acceptors (Lipinski definition) is 6. The van der Waals surface area contributed by atoms with Gasteiger partial charge in [0.1, 0.15) is 17.8 Å². The van der Waals surface area contributed by atoms with E-state index in [2.05, 4.69) is 20.0 Å². The summed E-state index contributed by atoms with van der Waals surface area (Å²) in [6, 6.07) is 26.8. The topological polar surface area (TPSA) is 91.0 Å². The number of halogens is 2. The molecular formula is C30H20Cl2N4O2. The quantitative estimate of drug-likeness (QED) is 0.214. The first-order chi connectivity index (χ1) is 18.4. The molecule has 0 spiro atoms. The minimum atomic E-state index is 0.114. The Balaban J connectivity index is 1.31. The van der Waals surface area contributed by atoms with Crippen molar-refractivity contribution in [2.24, 2.45) is 9.98 Å². The molecule has 8 heteroatoms. The summed E-state index contributed by atoms with van der Waals surface area (Å²) in [6.45, 7) is 0. The van der Waals surface area contributed by atoms with Crippen LogP contribution in [0.1, 0.15) is 11.1 Å². The fourth-order valence-electron chi connectivity index (χ4n) is 3.66. The normalized spacial score (nSPS) is 11.4. The molecule has 0 bridgehead atoms. The fourth-order valence-corrected chi connectivity index (χ4v) is 4.02. The Hall–Kier alpha value is -4.52. The minimum Gasteiger partial charge on any atom is -0.507 e. The van der Waals surface area contributed by atoms with Crippen molar-refractivity contribution in [3.05, 3.63) is 118 Å². The van der Waals surface area contributed by atoms with Gasteiger partial charge in [0.15, 0.2) is 0 Å². The average Bonchev–Trinajstić information content (AvgIpc) is 2.94. The molecule has 5 aromatic rings. The molecule has 186 valence electrons. The van der Waals surface area contributed by atoms with Crippen molar-refractivity contribution in [2.45, 2.75) is 0 Å². The SMILES string of the molecule is Oc1ccc(Cl)cc1C=Nc1ccc(-c2cc(-c3ccc(N=Cc4cc(Cl)ccc4O)cc3)ncn2)cc1. The molecule has 0 fully saturated rings. The van der Waals surface area contributed by atoms with Crippen LogP contribution in [-0.2, 0) is 0 Å². The molecule has 1 heterocycles. The zero-order valence-electron chi connectivity index (χ0n) is 19.8. The number of aromatic hydroxyl groups is 2. The molecular weight excluding hydrogens is 519 g/mol. The highest BCUT2D eigenvalue weighted by Gasteiger charge is 2.06. The summed E-state index contributed by atoms with van der Waals surface area (Å²) >= 11 is 12.0. The second-order valence-electron chi connectivity index (χ2n) is 8.30. The second-order valence-corrected chi connectivity index (χ2v) is 9.18. The maximum Gasteiger partial charge on any atom is 0.124 e. The first-order valence-electron chi connectivity index (χ1n) is 11.5. The molecule has 0 aliphatic rings. The van der Waals surface area contributed by atoms with Crippen LogP contribution in [0.15, 0.2) is 107 Å². The number of phenols is 2. The summed E-state index contributed by atoms with van der Waals surface area (Å²) < 4.78 is 0. The highest BCUT2D eigenvalue weighted by atomic mass is 35.5. The van der Waals surface area contributed by atoms with Crippen LogP contribution < -0.4 is 0 Å². The summed E-state index contributed by atoms with van der Waals surface area (Å²) in [5, 5.41) is 21.0. The third-order valence-electron chi connectivity index (χ3n) is 5.68. The first kappa shape index (κ1) is 25.1. The fraction of sp³-hybridized carbons (Fsp3) is 0. The smallest absolute Gasteiger partial charge is 0.124 e. The molecule has 0 aliphatic heterocycles. The van der Waals surface area contributed by atoms with Gasteiger partial charge < -0.3 is 10.2 Å². The highest BCUT2D eigenvalue weighted by molar-refractivity contribution is 6.31. The average molecular weight is 539 g/mol. The van der Waals surface area contributed by atoms with E-state index in [4.69, 9.17) is 23.2 Å². The Morgan fingerprint density at radius 3 is 1.39 bits per heavy atom. The Bertz CT molecular complexity index is 1530. The van der Waals surface area contributed by atoms with Crippen LogP contribution in [0.3, 0.4) is 0 Å². The summed E-state index contributed by atoms with van der Waals surface area (Å²) in [7, 11) is 0. The van der Waals surface area contributed by atoms with Gasteiger partial charge in [0, 0.05) is 44.7 Å². The molecule has 38 heavy (non-hydrogen) atoms. The van der Waals surface area contributed by atoms with Crippen LogP contribution >= 0.6 is 23.2 Å². The first-order valence-corrected chi connectivity index (χ1v) is 12.3. The summed E-state index contributed by atoms with van der Waals surface area (Å²) in [5.41, 5.74) is 5.92. The van der Waals surface area contributed by atoms with E-state index in [0.717, 1.165) is 33.9 Å². The van der Waals surface area contributed by atoms with Crippen molar-refractivity contribution < 1.29 is 10.2 Å². The van der Waals surface area contributed by atoms with Gasteiger partial charge in [-0.2, -0.15) is 0 Å². The zero-order chi connectivity index (χ0) is 26.5. The molecule has 0 atom stereocenters. The van der Waals surface area contributed by atoms with Crippen molar-refractivity contribution in [2.75, 3.05) is 0 Å². The third-order valence-corrected chi connectivity index (χ3v) is 6.15. The Morgan fingerprint density at radius 1 is 0.553 bits per heavy atom. The molecule has 6 nitrogen and oxygen atoms in total. The van der Waals surface area contributed by atoms with Crippen LogP contribution in [-0.4, -0.2) is 32.6 Å². The molecule has 0 saturated heterocycles. The van der Waals surface area contributed by atoms with Gasteiger partial charge in [-0.15, -0.1) is 0 Å². The van der Waals surface area contributed by atoms with Crippen LogP contribution in [0.2, 0.25) is 10.0 Å². The lowest BCUT2D eigenvalue weighted by atomic mass is 10.1. The zero-order valence-corrected chi connectivity index (χ0v) is 21.3. The lowest BCUT2D eigenvalue weighted by Gasteiger charge is -2.05. The van der Waals surface area contributed by atoms with Crippen molar-refractivity contribution in [3.8, 4) is 34.0 Å². The van der Waals surface area contributed by atoms with Crippen molar-refractivity contribution >= 4 is 47.0 Å². The maximum atomic E-state index is 9.95. The van der Waals surface area contributed by atoms with E-state index in [9.17, 15) is 10.2 Å². The monoisotopic (exact) mass is 538 g/mol. The number of aliphatic imine (C=N–C) groups is 2. The predicted molar refractivity (Wildman–Crippen MR) is 154 cm³/mol. The van der Waals surface area contributed by atoms with Crippen LogP contribution in [0, 0.1) is 0 Å². The number of hydrogen-bond donors (Lipinski definition) is 2. The Kier molecular flexibility index (Phi) is 7.45. The molecule has 0 amide bonds. The number of benzene rings is 4. The molecule has 0 saturated carbocycles.